The van der Waals surface area contributed by atoms with Crippen molar-refractivity contribution in [3.8, 4) is 17.2 Å². The van der Waals surface area contributed by atoms with Crippen LogP contribution in [0.4, 0.5) is 5.69 Å². The molecule has 1 aliphatic rings. The number of nitrogens with one attached hydrogen (secondary N) is 1. The van der Waals surface area contributed by atoms with Gasteiger partial charge in [-0.05, 0) is 97.1 Å². The Kier molecular flexibility index (Phi) is 6.93. The Hall–Kier alpha value is -4.69. The number of aromatic nitrogens is 3. The fourth-order valence-electron chi connectivity index (χ4n) is 4.89. The van der Waals surface area contributed by atoms with Crippen molar-refractivity contribution in [2.24, 2.45) is 0 Å². The third kappa shape index (κ3) is 5.19. The number of hydrogen-bond acceptors (Lipinski definition) is 5. The monoisotopic (exact) mass is 533 g/mol. The molecule has 1 N–H and O–H groups in total. The Morgan fingerprint density at radius 3 is 2.15 bits per heavy atom. The van der Waals surface area contributed by atoms with Gasteiger partial charge in [-0.25, -0.2) is 0 Å². The average molecular weight is 534 g/mol. The van der Waals surface area contributed by atoms with Crippen LogP contribution in [0.15, 0.2) is 116 Å². The minimum Gasteiger partial charge on any atom is -0.497 e. The number of nitrogens with zero attached hydrogens (tertiary/aromatic N) is 4. The van der Waals surface area contributed by atoms with Gasteiger partial charge in [0.05, 0.1) is 31.1 Å². The maximum Gasteiger partial charge on any atom is 0.174 e. The van der Waals surface area contributed by atoms with Crippen LogP contribution in [0, 0.1) is 0 Å². The van der Waals surface area contributed by atoms with E-state index in [1.165, 1.54) is 0 Å². The summed E-state index contributed by atoms with van der Waals surface area (Å²) in [7, 11) is 1.65. The van der Waals surface area contributed by atoms with Crippen molar-refractivity contribution in [2.45, 2.75) is 18.6 Å². The number of pyridine rings is 2. The maximum atomic E-state index is 6.05. The second kappa shape index (κ2) is 11.0. The molecule has 0 bridgehead atoms. The minimum absolute atomic E-state index is 0.125. The van der Waals surface area contributed by atoms with E-state index >= 15 is 0 Å². The number of benzene rings is 2. The van der Waals surface area contributed by atoms with Crippen molar-refractivity contribution < 1.29 is 9.47 Å². The maximum absolute atomic E-state index is 6.05. The zero-order chi connectivity index (χ0) is 26.6. The summed E-state index contributed by atoms with van der Waals surface area (Å²) in [5.41, 5.74) is 3.99. The first-order valence-electron chi connectivity index (χ1n) is 12.7. The normalized spacial score (nSPS) is 16.6. The van der Waals surface area contributed by atoms with E-state index in [4.69, 9.17) is 21.7 Å². The van der Waals surface area contributed by atoms with Gasteiger partial charge in [0.25, 0.3) is 0 Å². The molecule has 194 valence electrons. The van der Waals surface area contributed by atoms with Gasteiger partial charge in [0.2, 0.25) is 0 Å². The molecule has 1 fully saturated rings. The van der Waals surface area contributed by atoms with Crippen LogP contribution in [-0.2, 0) is 6.54 Å². The Labute approximate surface area is 232 Å². The van der Waals surface area contributed by atoms with Crippen molar-refractivity contribution in [3.63, 3.8) is 0 Å². The molecule has 1 aliphatic heterocycles. The summed E-state index contributed by atoms with van der Waals surface area (Å²) in [6.07, 6.45) is 5.73. The molecule has 0 radical (unpaired) electrons. The number of anilines is 1. The van der Waals surface area contributed by atoms with Crippen LogP contribution in [0.1, 0.15) is 29.2 Å². The van der Waals surface area contributed by atoms with Crippen LogP contribution in [0.3, 0.4) is 0 Å². The van der Waals surface area contributed by atoms with Gasteiger partial charge in [-0.15, -0.1) is 0 Å². The van der Waals surface area contributed by atoms with Gasteiger partial charge in [-0.2, -0.15) is 0 Å². The van der Waals surface area contributed by atoms with Gasteiger partial charge in [-0.1, -0.05) is 12.1 Å². The first-order valence-corrected chi connectivity index (χ1v) is 13.1. The molecule has 8 heteroatoms. The van der Waals surface area contributed by atoms with E-state index in [0.717, 1.165) is 40.0 Å². The van der Waals surface area contributed by atoms with Crippen molar-refractivity contribution in [2.75, 3.05) is 12.0 Å². The Morgan fingerprint density at radius 2 is 1.49 bits per heavy atom. The lowest BCUT2D eigenvalue weighted by molar-refractivity contribution is 0.413. The Balaban J connectivity index is 1.33. The molecule has 0 spiro atoms. The molecule has 7 nitrogen and oxygen atoms in total. The van der Waals surface area contributed by atoms with Crippen LogP contribution >= 0.6 is 12.2 Å². The molecule has 6 rings (SSSR count). The zero-order valence-electron chi connectivity index (χ0n) is 21.3. The molecule has 1 saturated heterocycles. The molecule has 39 heavy (non-hydrogen) atoms. The molecule has 2 aromatic carbocycles. The summed E-state index contributed by atoms with van der Waals surface area (Å²) in [5.74, 6) is 2.26. The van der Waals surface area contributed by atoms with Crippen molar-refractivity contribution in [1.82, 2.24) is 19.9 Å². The van der Waals surface area contributed by atoms with Crippen molar-refractivity contribution in [3.05, 3.63) is 133 Å². The standard InChI is InChI=1S/C31H27N5O2S/c1-37-24-14-16-26(17-15-24)38-25-12-10-23(11-13-25)36-30(29(34-31(36)39)27-8-3-5-19-33-27)28-9-6-20-35(28)21-22-7-2-4-18-32-22/h2-20,29-30H,21H2,1H3,(H,34,39). The molecule has 0 saturated carbocycles. The van der Waals surface area contributed by atoms with Crippen LogP contribution in [0.2, 0.25) is 0 Å². The predicted octanol–water partition coefficient (Wildman–Crippen LogP) is 6.30. The summed E-state index contributed by atoms with van der Waals surface area (Å²) in [5, 5.41) is 4.18. The number of thiocarbonyl (C=S) groups is 1. The summed E-state index contributed by atoms with van der Waals surface area (Å²) < 4.78 is 13.5. The molecule has 0 aliphatic carbocycles. The van der Waals surface area contributed by atoms with Gasteiger partial charge >= 0.3 is 0 Å². The van der Waals surface area contributed by atoms with Crippen LogP contribution < -0.4 is 19.7 Å². The highest BCUT2D eigenvalue weighted by atomic mass is 32.1. The number of hydrogen-bond donors (Lipinski definition) is 1. The molecular weight excluding hydrogens is 506 g/mol. The van der Waals surface area contributed by atoms with Crippen LogP contribution in [-0.4, -0.2) is 26.8 Å². The molecule has 2 atom stereocenters. The van der Waals surface area contributed by atoms with Crippen LogP contribution in [0.5, 0.6) is 17.2 Å². The van der Waals surface area contributed by atoms with Crippen molar-refractivity contribution in [1.29, 1.82) is 0 Å². The summed E-state index contributed by atoms with van der Waals surface area (Å²) >= 11 is 5.91. The van der Waals surface area contributed by atoms with E-state index in [1.54, 1.807) is 7.11 Å². The largest absolute Gasteiger partial charge is 0.497 e. The highest BCUT2D eigenvalue weighted by Gasteiger charge is 2.42. The smallest absolute Gasteiger partial charge is 0.174 e. The first kappa shape index (κ1) is 24.6. The average Bonchev–Trinajstić information content (AvgIpc) is 3.58. The molecule has 0 amide bonds. The highest BCUT2D eigenvalue weighted by molar-refractivity contribution is 7.80. The second-order valence-corrected chi connectivity index (χ2v) is 9.54. The molecule has 2 unspecified atom stereocenters. The Bertz CT molecular complexity index is 1540. The van der Waals surface area contributed by atoms with Gasteiger partial charge in [0, 0.05) is 30.0 Å². The van der Waals surface area contributed by atoms with Gasteiger partial charge in [0.15, 0.2) is 5.11 Å². The highest BCUT2D eigenvalue weighted by Crippen LogP contribution is 2.42. The van der Waals surface area contributed by atoms with Gasteiger partial charge < -0.3 is 24.3 Å². The molecule has 3 aromatic heterocycles. The predicted molar refractivity (Wildman–Crippen MR) is 155 cm³/mol. The lowest BCUT2D eigenvalue weighted by atomic mass is 10.0. The third-order valence-corrected chi connectivity index (χ3v) is 7.05. The molecular formula is C31H27N5O2S. The van der Waals surface area contributed by atoms with E-state index in [9.17, 15) is 0 Å². The minimum atomic E-state index is -0.133. The number of rotatable bonds is 8. The van der Waals surface area contributed by atoms with E-state index < -0.39 is 0 Å². The van der Waals surface area contributed by atoms with Crippen molar-refractivity contribution >= 4 is 23.0 Å². The lowest BCUT2D eigenvalue weighted by Gasteiger charge is -2.29. The quantitative estimate of drug-likeness (QED) is 0.235. The summed E-state index contributed by atoms with van der Waals surface area (Å²) in [6.45, 7) is 0.657. The van der Waals surface area contributed by atoms with Crippen LogP contribution in [0.25, 0.3) is 0 Å². The van der Waals surface area contributed by atoms with Gasteiger partial charge in [0.1, 0.15) is 23.3 Å². The molecule has 4 heterocycles. The van der Waals surface area contributed by atoms with E-state index in [1.807, 2.05) is 97.3 Å². The summed E-state index contributed by atoms with van der Waals surface area (Å²) in [4.78, 5) is 11.4. The summed E-state index contributed by atoms with van der Waals surface area (Å²) in [6, 6.07) is 31.4. The number of ether oxygens (including phenoxy) is 2. The van der Waals surface area contributed by atoms with E-state index in [-0.39, 0.29) is 12.1 Å². The second-order valence-electron chi connectivity index (χ2n) is 9.15. The van der Waals surface area contributed by atoms with Gasteiger partial charge in [-0.3, -0.25) is 9.97 Å². The third-order valence-electron chi connectivity index (χ3n) is 6.73. The zero-order valence-corrected chi connectivity index (χ0v) is 22.2. The lowest BCUT2D eigenvalue weighted by Crippen LogP contribution is -2.30. The Morgan fingerprint density at radius 1 is 0.795 bits per heavy atom. The van der Waals surface area contributed by atoms with E-state index in [0.29, 0.717) is 11.7 Å². The van der Waals surface area contributed by atoms with E-state index in [2.05, 4.69) is 43.1 Å². The fourth-order valence-corrected chi connectivity index (χ4v) is 5.24. The first-order chi connectivity index (χ1) is 19.2. The number of methoxy groups -OCH3 is 1. The fraction of sp³-hybridized carbons (Fsp3) is 0.129. The molecule has 5 aromatic rings. The SMILES string of the molecule is COc1ccc(Oc2ccc(N3C(=S)NC(c4ccccn4)C3c3cccn3Cc3ccccn3)cc2)cc1. The topological polar surface area (TPSA) is 64.4 Å².